The molecule has 0 atom stereocenters. The largest absolute Gasteiger partial charge is 0.508 e. The van der Waals surface area contributed by atoms with E-state index in [0.717, 1.165) is 19.4 Å². The highest BCUT2D eigenvalue weighted by Crippen LogP contribution is 2.37. The van der Waals surface area contributed by atoms with Crippen LogP contribution in [0.15, 0.2) is 48.5 Å². The van der Waals surface area contributed by atoms with Gasteiger partial charge in [-0.05, 0) is 80.7 Å². The highest BCUT2D eigenvalue weighted by molar-refractivity contribution is 5.42. The highest BCUT2D eigenvalue weighted by atomic mass is 16.3. The summed E-state index contributed by atoms with van der Waals surface area (Å²) < 4.78 is 0. The molecule has 3 nitrogen and oxygen atoms in total. The molecule has 0 bridgehead atoms. The van der Waals surface area contributed by atoms with E-state index in [1.807, 2.05) is 24.3 Å². The molecule has 1 aliphatic heterocycles. The number of benzene rings is 2. The summed E-state index contributed by atoms with van der Waals surface area (Å²) in [7, 11) is 0. The molecule has 1 heterocycles. The fourth-order valence-electron chi connectivity index (χ4n) is 3.78. The molecule has 1 fully saturated rings. The number of nitrogens with zero attached hydrogens (tertiary/aromatic N) is 1. The van der Waals surface area contributed by atoms with Gasteiger partial charge in [-0.25, -0.2) is 0 Å². The minimum atomic E-state index is -0.124. The molecule has 1 aliphatic rings. The molecule has 0 radical (unpaired) electrons. The molecule has 2 N–H and O–H groups in total. The minimum Gasteiger partial charge on any atom is -0.508 e. The van der Waals surface area contributed by atoms with Crippen LogP contribution in [0, 0.1) is 0 Å². The van der Waals surface area contributed by atoms with Gasteiger partial charge in [-0.3, -0.25) is 0 Å². The average Bonchev–Trinajstić information content (AvgIpc) is 3.09. The van der Waals surface area contributed by atoms with Crippen molar-refractivity contribution in [3.8, 4) is 11.5 Å². The summed E-state index contributed by atoms with van der Waals surface area (Å²) in [6, 6.07) is 15.1. The second-order valence-corrected chi connectivity index (χ2v) is 7.08. The third-order valence-corrected chi connectivity index (χ3v) is 5.36. The number of rotatable bonds is 6. The number of hydrogen-bond acceptors (Lipinski definition) is 3. The summed E-state index contributed by atoms with van der Waals surface area (Å²) >= 11 is 0. The first-order valence-electron chi connectivity index (χ1n) is 8.89. The van der Waals surface area contributed by atoms with E-state index in [1.54, 1.807) is 24.3 Å². The Kier molecular flexibility index (Phi) is 5.10. The summed E-state index contributed by atoms with van der Waals surface area (Å²) in [5.41, 5.74) is 2.28. The first kappa shape index (κ1) is 16.8. The molecule has 3 rings (SSSR count). The van der Waals surface area contributed by atoms with Crippen LogP contribution in [0.4, 0.5) is 0 Å². The highest BCUT2D eigenvalue weighted by Gasteiger charge is 2.29. The van der Waals surface area contributed by atoms with E-state index in [1.165, 1.54) is 37.1 Å². The van der Waals surface area contributed by atoms with Gasteiger partial charge in [0.05, 0.1) is 0 Å². The van der Waals surface area contributed by atoms with Crippen molar-refractivity contribution in [3.05, 3.63) is 59.7 Å². The predicted molar refractivity (Wildman–Crippen MR) is 97.6 cm³/mol. The fourth-order valence-corrected chi connectivity index (χ4v) is 3.78. The first-order chi connectivity index (χ1) is 11.6. The van der Waals surface area contributed by atoms with Gasteiger partial charge < -0.3 is 15.1 Å². The number of likely N-dealkylation sites (tertiary alicyclic amines) is 1. The van der Waals surface area contributed by atoms with Crippen LogP contribution >= 0.6 is 0 Å². The molecule has 3 heteroatoms. The Morgan fingerprint density at radius 3 is 1.75 bits per heavy atom. The molecule has 24 heavy (non-hydrogen) atoms. The first-order valence-corrected chi connectivity index (χ1v) is 8.89. The van der Waals surface area contributed by atoms with Gasteiger partial charge in [0.15, 0.2) is 0 Å². The van der Waals surface area contributed by atoms with Gasteiger partial charge >= 0.3 is 0 Å². The van der Waals surface area contributed by atoms with Crippen molar-refractivity contribution in [1.29, 1.82) is 0 Å². The lowest BCUT2D eigenvalue weighted by Gasteiger charge is -2.32. The van der Waals surface area contributed by atoms with Gasteiger partial charge in [-0.2, -0.15) is 0 Å². The van der Waals surface area contributed by atoms with E-state index in [2.05, 4.69) is 11.8 Å². The number of phenolic OH excluding ortho intramolecular Hbond substituents is 2. The summed E-state index contributed by atoms with van der Waals surface area (Å²) in [5, 5.41) is 19.2. The Morgan fingerprint density at radius 1 is 0.833 bits per heavy atom. The summed E-state index contributed by atoms with van der Waals surface area (Å²) in [6.45, 7) is 5.87. The molecule has 0 aromatic heterocycles. The topological polar surface area (TPSA) is 43.7 Å². The van der Waals surface area contributed by atoms with Crippen LogP contribution in [-0.2, 0) is 5.41 Å². The maximum atomic E-state index is 9.61. The van der Waals surface area contributed by atoms with Gasteiger partial charge in [0, 0.05) is 5.41 Å². The molecular formula is C21H27NO2. The Morgan fingerprint density at radius 2 is 1.29 bits per heavy atom. The molecule has 128 valence electrons. The molecule has 1 saturated heterocycles. The van der Waals surface area contributed by atoms with Crippen LogP contribution in [-0.4, -0.2) is 34.7 Å². The lowest BCUT2D eigenvalue weighted by Crippen LogP contribution is -2.27. The number of aromatic hydroxyl groups is 2. The molecule has 2 aromatic rings. The van der Waals surface area contributed by atoms with Crippen LogP contribution < -0.4 is 0 Å². The normalized spacial score (nSPS) is 15.7. The van der Waals surface area contributed by atoms with E-state index < -0.39 is 0 Å². The van der Waals surface area contributed by atoms with Gasteiger partial charge in [0.25, 0.3) is 0 Å². The van der Waals surface area contributed by atoms with Crippen molar-refractivity contribution in [2.24, 2.45) is 0 Å². The Bertz CT molecular complexity index is 597. The van der Waals surface area contributed by atoms with Crippen molar-refractivity contribution in [2.45, 2.75) is 38.0 Å². The van der Waals surface area contributed by atoms with Gasteiger partial charge in [0.1, 0.15) is 11.5 Å². The minimum absolute atomic E-state index is 0.124. The lowest BCUT2D eigenvalue weighted by molar-refractivity contribution is 0.316. The zero-order valence-electron chi connectivity index (χ0n) is 14.4. The Balaban J connectivity index is 1.81. The molecule has 0 spiro atoms. The summed E-state index contributed by atoms with van der Waals surface area (Å²) in [4.78, 5) is 2.55. The number of phenols is 2. The number of hydrogen-bond donors (Lipinski definition) is 2. The van der Waals surface area contributed by atoms with E-state index in [4.69, 9.17) is 0 Å². The maximum Gasteiger partial charge on any atom is 0.115 e. The zero-order valence-corrected chi connectivity index (χ0v) is 14.4. The van der Waals surface area contributed by atoms with Gasteiger partial charge in [-0.1, -0.05) is 31.2 Å². The van der Waals surface area contributed by atoms with Crippen molar-refractivity contribution in [1.82, 2.24) is 4.90 Å². The SMILES string of the molecule is CC(CCCN1CCCC1)(c1ccc(O)cc1)c1ccc(O)cc1. The maximum absolute atomic E-state index is 9.61. The van der Waals surface area contributed by atoms with Crippen LogP contribution in [0.25, 0.3) is 0 Å². The molecule has 0 amide bonds. The molecular weight excluding hydrogens is 298 g/mol. The van der Waals surface area contributed by atoms with Crippen molar-refractivity contribution < 1.29 is 10.2 Å². The second-order valence-electron chi connectivity index (χ2n) is 7.08. The standard InChI is InChI=1S/C21H27NO2/c1-21(17-5-9-19(23)10-6-17,18-7-11-20(24)12-8-18)13-4-16-22-14-2-3-15-22/h5-12,23-24H,2-4,13-16H2,1H3. The van der Waals surface area contributed by atoms with E-state index in [9.17, 15) is 10.2 Å². The van der Waals surface area contributed by atoms with Crippen LogP contribution in [0.2, 0.25) is 0 Å². The molecule has 0 saturated carbocycles. The Labute approximate surface area is 144 Å². The van der Waals surface area contributed by atoms with Gasteiger partial charge in [0.2, 0.25) is 0 Å². The monoisotopic (exact) mass is 325 g/mol. The molecule has 2 aromatic carbocycles. The van der Waals surface area contributed by atoms with Gasteiger partial charge in [-0.15, -0.1) is 0 Å². The summed E-state index contributed by atoms with van der Waals surface area (Å²) in [5.74, 6) is 0.591. The third-order valence-electron chi connectivity index (χ3n) is 5.36. The molecule has 0 aliphatic carbocycles. The van der Waals surface area contributed by atoms with Crippen molar-refractivity contribution in [3.63, 3.8) is 0 Å². The average molecular weight is 325 g/mol. The third kappa shape index (κ3) is 3.73. The smallest absolute Gasteiger partial charge is 0.115 e. The van der Waals surface area contributed by atoms with Crippen LogP contribution in [0.1, 0.15) is 43.7 Å². The van der Waals surface area contributed by atoms with E-state index in [0.29, 0.717) is 11.5 Å². The van der Waals surface area contributed by atoms with Crippen LogP contribution in [0.5, 0.6) is 11.5 Å². The van der Waals surface area contributed by atoms with E-state index >= 15 is 0 Å². The second kappa shape index (κ2) is 7.27. The zero-order chi connectivity index (χ0) is 17.0. The van der Waals surface area contributed by atoms with E-state index in [-0.39, 0.29) is 5.41 Å². The van der Waals surface area contributed by atoms with Crippen molar-refractivity contribution >= 4 is 0 Å². The lowest BCUT2D eigenvalue weighted by atomic mass is 9.73. The van der Waals surface area contributed by atoms with Crippen molar-refractivity contribution in [2.75, 3.05) is 19.6 Å². The fraction of sp³-hybridized carbons (Fsp3) is 0.429. The Hall–Kier alpha value is -2.00. The molecule has 0 unspecified atom stereocenters. The van der Waals surface area contributed by atoms with Crippen LogP contribution in [0.3, 0.4) is 0 Å². The summed E-state index contributed by atoms with van der Waals surface area (Å²) in [6.07, 6.45) is 4.83. The predicted octanol–water partition coefficient (Wildman–Crippen LogP) is 4.28. The quantitative estimate of drug-likeness (QED) is 0.833.